The molecule has 52 heavy (non-hydrogen) atoms. The Bertz CT molecular complexity index is 3310. The van der Waals surface area contributed by atoms with E-state index in [1.54, 1.807) is 11.3 Å². The van der Waals surface area contributed by atoms with Gasteiger partial charge in [-0.15, -0.1) is 11.3 Å². The van der Waals surface area contributed by atoms with Gasteiger partial charge in [0.2, 0.25) is 0 Å². The summed E-state index contributed by atoms with van der Waals surface area (Å²) in [6.07, 6.45) is 0. The molecule has 0 spiro atoms. The summed E-state index contributed by atoms with van der Waals surface area (Å²) in [5, 5.41) is 9.30. The van der Waals surface area contributed by atoms with Gasteiger partial charge in [0.05, 0.1) is 0 Å². The van der Waals surface area contributed by atoms with E-state index in [4.69, 9.17) is 19.4 Å². The van der Waals surface area contributed by atoms with Gasteiger partial charge in [-0.3, -0.25) is 0 Å². The van der Waals surface area contributed by atoms with Crippen LogP contribution in [0.3, 0.4) is 0 Å². The van der Waals surface area contributed by atoms with Crippen LogP contribution in [0.1, 0.15) is 0 Å². The minimum atomic E-state index is 0.615. The molecular weight excluding hydrogens is 655 g/mol. The smallest absolute Gasteiger partial charge is 0.164 e. The molecule has 0 fully saturated rings. The molecule has 240 valence electrons. The zero-order valence-corrected chi connectivity index (χ0v) is 28.4. The summed E-state index contributed by atoms with van der Waals surface area (Å²) in [6, 6.07) is 53.7. The summed E-state index contributed by atoms with van der Waals surface area (Å²) in [6.45, 7) is 0. The van der Waals surface area contributed by atoms with Gasteiger partial charge in [0, 0.05) is 47.6 Å². The lowest BCUT2D eigenvalue weighted by molar-refractivity contribution is 0.669. The predicted molar refractivity (Wildman–Crippen MR) is 216 cm³/mol. The lowest BCUT2D eigenvalue weighted by Crippen LogP contribution is -2.00. The molecule has 0 radical (unpaired) electrons. The quantitative estimate of drug-likeness (QED) is 0.186. The van der Waals surface area contributed by atoms with Crippen LogP contribution in [-0.2, 0) is 0 Å². The largest absolute Gasteiger partial charge is 0.456 e. The van der Waals surface area contributed by atoms with Gasteiger partial charge in [0.25, 0.3) is 0 Å². The van der Waals surface area contributed by atoms with Crippen LogP contribution in [-0.4, -0.2) is 15.0 Å². The fraction of sp³-hybridized carbons (Fsp3) is 0. The zero-order chi connectivity index (χ0) is 33.9. The molecule has 3 heterocycles. The first-order chi connectivity index (χ1) is 25.7. The minimum absolute atomic E-state index is 0.615. The number of hydrogen-bond acceptors (Lipinski definition) is 5. The van der Waals surface area contributed by atoms with Gasteiger partial charge in [-0.2, -0.15) is 0 Å². The number of furan rings is 1. The summed E-state index contributed by atoms with van der Waals surface area (Å²) in [7, 11) is 0. The second kappa shape index (κ2) is 10.4. The van der Waals surface area contributed by atoms with Gasteiger partial charge < -0.3 is 4.42 Å². The van der Waals surface area contributed by atoms with Crippen LogP contribution >= 0.6 is 11.3 Å². The van der Waals surface area contributed by atoms with Crippen molar-refractivity contribution in [3.63, 3.8) is 0 Å². The molecule has 0 saturated heterocycles. The van der Waals surface area contributed by atoms with E-state index in [1.165, 1.54) is 58.6 Å². The number of thiophene rings is 1. The number of nitrogens with zero attached hydrogens (tertiary/aromatic N) is 3. The van der Waals surface area contributed by atoms with Crippen molar-refractivity contribution in [2.45, 2.75) is 0 Å². The number of benzene rings is 8. The van der Waals surface area contributed by atoms with Crippen LogP contribution in [0.5, 0.6) is 0 Å². The fourth-order valence-corrected chi connectivity index (χ4v) is 9.46. The van der Waals surface area contributed by atoms with Crippen LogP contribution in [0.15, 0.2) is 156 Å². The first kappa shape index (κ1) is 28.1. The van der Waals surface area contributed by atoms with E-state index in [0.717, 1.165) is 44.0 Å². The van der Waals surface area contributed by atoms with E-state index in [0.29, 0.717) is 17.5 Å². The van der Waals surface area contributed by atoms with E-state index >= 15 is 0 Å². The SMILES string of the molecule is c1ccc2cc(-c3nc(-c4cccc5oc6cc7c(cc6c45)-c4cccc5cccc-7c45)nc(-c4cccc5sc6ccccc6c45)n3)ccc2c1. The Kier molecular flexibility index (Phi) is 5.62. The molecule has 0 N–H and O–H groups in total. The second-order valence-corrected chi connectivity index (χ2v) is 14.6. The average Bonchev–Trinajstić information content (AvgIpc) is 3.87. The molecule has 3 aromatic heterocycles. The van der Waals surface area contributed by atoms with E-state index in [1.807, 2.05) is 12.1 Å². The van der Waals surface area contributed by atoms with Gasteiger partial charge in [-0.25, -0.2) is 15.0 Å². The molecule has 0 saturated carbocycles. The second-order valence-electron chi connectivity index (χ2n) is 13.5. The van der Waals surface area contributed by atoms with Crippen molar-refractivity contribution in [1.29, 1.82) is 0 Å². The van der Waals surface area contributed by atoms with Crippen LogP contribution in [0.2, 0.25) is 0 Å². The van der Waals surface area contributed by atoms with E-state index in [9.17, 15) is 0 Å². The van der Waals surface area contributed by atoms with Crippen molar-refractivity contribution in [2.75, 3.05) is 0 Å². The predicted octanol–water partition coefficient (Wildman–Crippen LogP) is 13.1. The molecule has 5 heteroatoms. The molecule has 0 aliphatic heterocycles. The third-order valence-corrected chi connectivity index (χ3v) is 11.8. The third kappa shape index (κ3) is 3.94. The van der Waals surface area contributed by atoms with Crippen LogP contribution in [0.25, 0.3) is 120 Å². The Labute approximate surface area is 301 Å². The van der Waals surface area contributed by atoms with E-state index in [-0.39, 0.29) is 0 Å². The average molecular weight is 680 g/mol. The molecular formula is C47H25N3OS. The molecule has 8 aromatic carbocycles. The van der Waals surface area contributed by atoms with Gasteiger partial charge in [-0.1, -0.05) is 115 Å². The Morgan fingerprint density at radius 3 is 1.85 bits per heavy atom. The molecule has 0 amide bonds. The number of aromatic nitrogens is 3. The Morgan fingerprint density at radius 2 is 1.00 bits per heavy atom. The highest BCUT2D eigenvalue weighted by Crippen LogP contribution is 2.50. The van der Waals surface area contributed by atoms with Crippen molar-refractivity contribution in [1.82, 2.24) is 15.0 Å². The van der Waals surface area contributed by atoms with Crippen LogP contribution < -0.4 is 0 Å². The minimum Gasteiger partial charge on any atom is -0.456 e. The topological polar surface area (TPSA) is 51.8 Å². The lowest BCUT2D eigenvalue weighted by atomic mass is 9.99. The summed E-state index contributed by atoms with van der Waals surface area (Å²) in [5.74, 6) is 1.90. The maximum atomic E-state index is 6.64. The highest BCUT2D eigenvalue weighted by molar-refractivity contribution is 7.25. The lowest BCUT2D eigenvalue weighted by Gasteiger charge is -2.11. The highest BCUT2D eigenvalue weighted by Gasteiger charge is 2.25. The first-order valence-corrected chi connectivity index (χ1v) is 18.2. The highest BCUT2D eigenvalue weighted by atomic mass is 32.1. The Balaban J connectivity index is 1.14. The number of rotatable bonds is 3. The summed E-state index contributed by atoms with van der Waals surface area (Å²) in [4.78, 5) is 15.8. The van der Waals surface area contributed by atoms with Crippen LogP contribution in [0.4, 0.5) is 0 Å². The summed E-state index contributed by atoms with van der Waals surface area (Å²) >= 11 is 1.80. The van der Waals surface area contributed by atoms with E-state index in [2.05, 4.69) is 140 Å². The molecule has 4 nitrogen and oxygen atoms in total. The molecule has 0 bridgehead atoms. The number of hydrogen-bond donors (Lipinski definition) is 0. The van der Waals surface area contributed by atoms with Crippen molar-refractivity contribution in [3.8, 4) is 56.4 Å². The molecule has 11 aromatic rings. The molecule has 1 aliphatic rings. The van der Waals surface area contributed by atoms with Crippen molar-refractivity contribution < 1.29 is 4.42 Å². The zero-order valence-electron chi connectivity index (χ0n) is 27.6. The monoisotopic (exact) mass is 679 g/mol. The van der Waals surface area contributed by atoms with Gasteiger partial charge in [0.15, 0.2) is 17.5 Å². The van der Waals surface area contributed by atoms with E-state index < -0.39 is 0 Å². The van der Waals surface area contributed by atoms with Gasteiger partial charge in [0.1, 0.15) is 11.2 Å². The number of fused-ring (bicyclic) bond motifs is 10. The van der Waals surface area contributed by atoms with Crippen molar-refractivity contribution in [2.24, 2.45) is 0 Å². The van der Waals surface area contributed by atoms with Gasteiger partial charge >= 0.3 is 0 Å². The first-order valence-electron chi connectivity index (χ1n) is 17.4. The molecule has 0 unspecified atom stereocenters. The third-order valence-electron chi connectivity index (χ3n) is 10.6. The Morgan fingerprint density at radius 1 is 0.365 bits per heavy atom. The molecule has 0 atom stereocenters. The summed E-state index contributed by atoms with van der Waals surface area (Å²) in [5.41, 5.74) is 9.45. The molecule has 12 rings (SSSR count). The fourth-order valence-electron chi connectivity index (χ4n) is 8.33. The Hall–Kier alpha value is -6.69. The van der Waals surface area contributed by atoms with Crippen LogP contribution in [0, 0.1) is 0 Å². The summed E-state index contributed by atoms with van der Waals surface area (Å²) < 4.78 is 9.09. The van der Waals surface area contributed by atoms with Crippen molar-refractivity contribution in [3.05, 3.63) is 152 Å². The molecule has 1 aliphatic carbocycles. The normalized spacial score (nSPS) is 12.2. The standard InChI is InChI=1S/C47H25N3OS/c1-2-10-28-23-29(22-21-26(28)9-1)45-48-46(50-47(49-45)34-17-8-20-41-44(34)32-13-3-4-19-40(32)52-41)33-16-7-18-38-43(33)37-24-35-30-14-5-11-27-12-6-15-31(42(27)30)36(35)25-39(37)51-38/h1-25H. The van der Waals surface area contributed by atoms with Crippen molar-refractivity contribution >= 4 is 75.0 Å². The maximum absolute atomic E-state index is 6.64. The maximum Gasteiger partial charge on any atom is 0.164 e. The van der Waals surface area contributed by atoms with Gasteiger partial charge in [-0.05, 0) is 80.2 Å².